The molecule has 6 heteroatoms. The molecule has 0 saturated heterocycles. The molecular weight excluding hydrogens is 287 g/mol. The van der Waals surface area contributed by atoms with E-state index in [0.29, 0.717) is 17.5 Å². The van der Waals surface area contributed by atoms with Gasteiger partial charge in [0, 0.05) is 6.54 Å². The number of thiocarbonyl (C=S) groups is 1. The van der Waals surface area contributed by atoms with Gasteiger partial charge in [-0.25, -0.2) is 4.39 Å². The summed E-state index contributed by atoms with van der Waals surface area (Å²) in [6.45, 7) is 1.32. The minimum absolute atomic E-state index is 0.326. The number of halogens is 1. The van der Waals surface area contributed by atoms with Gasteiger partial charge in [-0.2, -0.15) is 5.01 Å². The van der Waals surface area contributed by atoms with Crippen LogP contribution < -0.4 is 16.1 Å². The molecule has 1 aliphatic heterocycles. The van der Waals surface area contributed by atoms with Crippen molar-refractivity contribution in [2.24, 2.45) is 0 Å². The van der Waals surface area contributed by atoms with E-state index in [4.69, 9.17) is 12.2 Å². The topological polar surface area (TPSA) is 39.3 Å². The highest BCUT2D eigenvalue weighted by Crippen LogP contribution is 2.23. The molecule has 1 heterocycles. The number of benzene rings is 2. The highest BCUT2D eigenvalue weighted by atomic mass is 32.1. The van der Waals surface area contributed by atoms with Gasteiger partial charge in [-0.3, -0.25) is 0 Å². The van der Waals surface area contributed by atoms with E-state index in [1.807, 2.05) is 23.2 Å². The Hall–Kier alpha value is -2.18. The van der Waals surface area contributed by atoms with Crippen molar-refractivity contribution in [2.75, 3.05) is 17.4 Å². The number of nitrogens with zero attached hydrogens (tertiary/aromatic N) is 1. The third kappa shape index (κ3) is 3.29. The number of hydrogen-bond donors (Lipinski definition) is 3. The predicted octanol–water partition coefficient (Wildman–Crippen LogP) is 2.91. The van der Waals surface area contributed by atoms with Crippen molar-refractivity contribution >= 4 is 28.7 Å². The average molecular weight is 302 g/mol. The molecule has 108 valence electrons. The molecule has 0 unspecified atom stereocenters. The lowest BCUT2D eigenvalue weighted by Gasteiger charge is -2.18. The van der Waals surface area contributed by atoms with E-state index in [9.17, 15) is 4.39 Å². The van der Waals surface area contributed by atoms with Crippen molar-refractivity contribution in [1.29, 1.82) is 0 Å². The average Bonchev–Trinajstić information content (AvgIpc) is 2.90. The van der Waals surface area contributed by atoms with E-state index in [-0.39, 0.29) is 5.82 Å². The van der Waals surface area contributed by atoms with Gasteiger partial charge in [-0.05, 0) is 36.0 Å². The summed E-state index contributed by atoms with van der Waals surface area (Å²) in [4.78, 5) is 0. The van der Waals surface area contributed by atoms with E-state index in [1.165, 1.54) is 11.6 Å². The minimum atomic E-state index is -0.326. The SMILES string of the molecule is Fc1ccccc1NC(=S)NCN1Cc2ccccc2N1. The maximum absolute atomic E-state index is 13.5. The first-order chi connectivity index (χ1) is 10.2. The molecule has 1 aliphatic rings. The third-order valence-corrected chi connectivity index (χ3v) is 3.46. The van der Waals surface area contributed by atoms with Gasteiger partial charge < -0.3 is 16.1 Å². The van der Waals surface area contributed by atoms with Gasteiger partial charge in [0.25, 0.3) is 0 Å². The van der Waals surface area contributed by atoms with Gasteiger partial charge in [-0.15, -0.1) is 0 Å². The highest BCUT2D eigenvalue weighted by molar-refractivity contribution is 7.80. The van der Waals surface area contributed by atoms with E-state index in [2.05, 4.69) is 22.1 Å². The first-order valence-corrected chi connectivity index (χ1v) is 7.02. The van der Waals surface area contributed by atoms with Crippen LogP contribution in [0.5, 0.6) is 0 Å². The van der Waals surface area contributed by atoms with Crippen LogP contribution in [0.25, 0.3) is 0 Å². The van der Waals surface area contributed by atoms with E-state index in [0.717, 1.165) is 12.2 Å². The first-order valence-electron chi connectivity index (χ1n) is 6.61. The van der Waals surface area contributed by atoms with Gasteiger partial charge in [0.15, 0.2) is 5.11 Å². The quantitative estimate of drug-likeness (QED) is 0.761. The van der Waals surface area contributed by atoms with Crippen LogP contribution in [-0.4, -0.2) is 16.8 Å². The molecule has 2 aromatic carbocycles. The normalized spacial score (nSPS) is 13.4. The number of para-hydroxylation sites is 2. The molecule has 2 aromatic rings. The van der Waals surface area contributed by atoms with E-state index >= 15 is 0 Å². The standard InChI is InChI=1S/C15H15FN4S/c16-12-6-2-4-8-14(12)18-15(21)17-10-20-9-11-5-1-3-7-13(11)19-20/h1-8,19H,9-10H2,(H2,17,18,21). The molecule has 0 amide bonds. The number of rotatable bonds is 3. The van der Waals surface area contributed by atoms with Gasteiger partial charge in [0.1, 0.15) is 5.82 Å². The van der Waals surface area contributed by atoms with Crippen LogP contribution in [0.4, 0.5) is 15.8 Å². The van der Waals surface area contributed by atoms with Crippen LogP contribution in [0.2, 0.25) is 0 Å². The largest absolute Gasteiger partial charge is 0.348 e. The second-order valence-electron chi connectivity index (χ2n) is 4.74. The maximum Gasteiger partial charge on any atom is 0.171 e. The third-order valence-electron chi connectivity index (χ3n) is 3.21. The van der Waals surface area contributed by atoms with Crippen molar-refractivity contribution in [3.63, 3.8) is 0 Å². The number of hydrogen-bond acceptors (Lipinski definition) is 3. The molecule has 0 atom stereocenters. The summed E-state index contributed by atoms with van der Waals surface area (Å²) >= 11 is 5.17. The zero-order valence-corrected chi connectivity index (χ0v) is 12.1. The predicted molar refractivity (Wildman–Crippen MR) is 86.2 cm³/mol. The van der Waals surface area contributed by atoms with Crippen molar-refractivity contribution < 1.29 is 4.39 Å². The number of anilines is 2. The number of hydrazine groups is 1. The van der Waals surface area contributed by atoms with Crippen LogP contribution in [0.3, 0.4) is 0 Å². The van der Waals surface area contributed by atoms with E-state index in [1.54, 1.807) is 18.2 Å². The summed E-state index contributed by atoms with van der Waals surface area (Å²) in [6, 6.07) is 14.6. The Labute approximate surface area is 127 Å². The zero-order valence-electron chi connectivity index (χ0n) is 11.3. The summed E-state index contributed by atoms with van der Waals surface area (Å²) in [5.74, 6) is -0.326. The second-order valence-corrected chi connectivity index (χ2v) is 5.14. The molecule has 0 bridgehead atoms. The maximum atomic E-state index is 13.5. The Morgan fingerprint density at radius 1 is 1.19 bits per heavy atom. The molecule has 0 saturated carbocycles. The molecule has 4 nitrogen and oxygen atoms in total. The molecule has 0 aromatic heterocycles. The molecule has 0 fully saturated rings. The smallest absolute Gasteiger partial charge is 0.171 e. The fraction of sp³-hybridized carbons (Fsp3) is 0.133. The lowest BCUT2D eigenvalue weighted by Crippen LogP contribution is -2.39. The molecule has 0 aliphatic carbocycles. The van der Waals surface area contributed by atoms with Gasteiger partial charge in [-0.1, -0.05) is 30.3 Å². The Bertz CT molecular complexity index is 637. The fourth-order valence-electron chi connectivity index (χ4n) is 2.17. The van der Waals surface area contributed by atoms with Gasteiger partial charge in [0.05, 0.1) is 18.0 Å². The van der Waals surface area contributed by atoms with Gasteiger partial charge >= 0.3 is 0 Å². The Balaban J connectivity index is 1.50. The minimum Gasteiger partial charge on any atom is -0.348 e. The molecule has 3 rings (SSSR count). The van der Waals surface area contributed by atoms with Gasteiger partial charge in [0.2, 0.25) is 0 Å². The first kappa shape index (κ1) is 13.8. The zero-order chi connectivity index (χ0) is 14.7. The van der Waals surface area contributed by atoms with Crippen LogP contribution in [-0.2, 0) is 6.54 Å². The number of nitrogens with one attached hydrogen (secondary N) is 3. The molecule has 3 N–H and O–H groups in total. The molecule has 0 radical (unpaired) electrons. The summed E-state index contributed by atoms with van der Waals surface area (Å²) in [5.41, 5.74) is 5.99. The van der Waals surface area contributed by atoms with Crippen molar-refractivity contribution in [1.82, 2.24) is 10.3 Å². The molecular formula is C15H15FN4S. The lowest BCUT2D eigenvalue weighted by atomic mass is 10.2. The lowest BCUT2D eigenvalue weighted by molar-refractivity contribution is 0.337. The number of fused-ring (bicyclic) bond motifs is 1. The molecule has 0 spiro atoms. The summed E-state index contributed by atoms with van der Waals surface area (Å²) in [6.07, 6.45) is 0. The highest BCUT2D eigenvalue weighted by Gasteiger charge is 2.17. The Morgan fingerprint density at radius 2 is 1.95 bits per heavy atom. The summed E-state index contributed by atoms with van der Waals surface area (Å²) < 4.78 is 13.5. The summed E-state index contributed by atoms with van der Waals surface area (Å²) in [7, 11) is 0. The van der Waals surface area contributed by atoms with Crippen LogP contribution in [0.1, 0.15) is 5.56 Å². The van der Waals surface area contributed by atoms with Crippen molar-refractivity contribution in [3.8, 4) is 0 Å². The van der Waals surface area contributed by atoms with Crippen molar-refractivity contribution in [3.05, 3.63) is 59.9 Å². The van der Waals surface area contributed by atoms with E-state index < -0.39 is 0 Å². The van der Waals surface area contributed by atoms with Crippen LogP contribution in [0.15, 0.2) is 48.5 Å². The fourth-order valence-corrected chi connectivity index (χ4v) is 2.35. The molecule has 21 heavy (non-hydrogen) atoms. The Morgan fingerprint density at radius 3 is 2.76 bits per heavy atom. The van der Waals surface area contributed by atoms with Crippen molar-refractivity contribution in [2.45, 2.75) is 6.54 Å². The van der Waals surface area contributed by atoms with Crippen LogP contribution >= 0.6 is 12.2 Å². The van der Waals surface area contributed by atoms with Crippen LogP contribution in [0, 0.1) is 5.82 Å². The Kier molecular flexibility index (Phi) is 3.98. The second kappa shape index (κ2) is 6.07. The summed E-state index contributed by atoms with van der Waals surface area (Å²) in [5, 5.41) is 8.29. The monoisotopic (exact) mass is 302 g/mol.